The Morgan fingerprint density at radius 2 is 2.28 bits per heavy atom. The largest absolute Gasteiger partial charge is 0.383 e. The maximum atomic E-state index is 12.3. The number of halogens is 1. The minimum absolute atomic E-state index is 0.0351. The first-order valence-electron chi connectivity index (χ1n) is 5.53. The van der Waals surface area contributed by atoms with E-state index in [1.165, 1.54) is 0 Å². The number of benzene rings is 1. The van der Waals surface area contributed by atoms with E-state index in [0.717, 1.165) is 0 Å². The summed E-state index contributed by atoms with van der Waals surface area (Å²) in [6.45, 7) is 2.37. The molecule has 0 aliphatic carbocycles. The van der Waals surface area contributed by atoms with Crippen molar-refractivity contribution in [1.82, 2.24) is 4.90 Å². The summed E-state index contributed by atoms with van der Waals surface area (Å²) in [5, 5.41) is 0.491. The number of hydrazine groups is 1. The Morgan fingerprint density at radius 1 is 1.61 bits per heavy atom. The van der Waals surface area contributed by atoms with Crippen molar-refractivity contribution >= 4 is 23.2 Å². The van der Waals surface area contributed by atoms with Crippen LogP contribution in [0.4, 0.5) is 5.69 Å². The fourth-order valence-electron chi connectivity index (χ4n) is 1.56. The first-order chi connectivity index (χ1) is 8.51. The molecule has 0 fully saturated rings. The Bertz CT molecular complexity index is 426. The highest BCUT2D eigenvalue weighted by Gasteiger charge is 2.20. The van der Waals surface area contributed by atoms with Crippen LogP contribution in [0.25, 0.3) is 0 Å². The topological polar surface area (TPSA) is 67.6 Å². The first kappa shape index (κ1) is 14.8. The average Bonchev–Trinajstić information content (AvgIpc) is 2.37. The maximum absolute atomic E-state index is 12.3. The molecule has 0 aromatic heterocycles. The molecular formula is C12H18ClN3O2. The lowest BCUT2D eigenvalue weighted by Gasteiger charge is -2.25. The van der Waals surface area contributed by atoms with Crippen LogP contribution in [-0.4, -0.2) is 37.6 Å². The SMILES string of the molecule is COCC(C)N(C)C(=O)c1cc(Cl)ccc1NN. The van der Waals surface area contributed by atoms with Crippen LogP contribution in [0.5, 0.6) is 0 Å². The molecule has 1 aromatic carbocycles. The lowest BCUT2D eigenvalue weighted by atomic mass is 10.1. The zero-order chi connectivity index (χ0) is 13.7. The molecule has 1 aromatic rings. The van der Waals surface area contributed by atoms with Gasteiger partial charge in [-0.15, -0.1) is 0 Å². The number of carbonyl (C=O) groups excluding carboxylic acids is 1. The van der Waals surface area contributed by atoms with E-state index in [1.807, 2.05) is 6.92 Å². The predicted octanol–water partition coefficient (Wildman–Crippen LogP) is 1.73. The van der Waals surface area contributed by atoms with Gasteiger partial charge in [-0.05, 0) is 25.1 Å². The zero-order valence-corrected chi connectivity index (χ0v) is 11.5. The summed E-state index contributed by atoms with van der Waals surface area (Å²) in [4.78, 5) is 13.9. The number of nitrogens with one attached hydrogen (secondary N) is 1. The number of hydrogen-bond acceptors (Lipinski definition) is 4. The van der Waals surface area contributed by atoms with Crippen LogP contribution in [-0.2, 0) is 4.74 Å². The van der Waals surface area contributed by atoms with Gasteiger partial charge < -0.3 is 15.1 Å². The summed E-state index contributed by atoms with van der Waals surface area (Å²) >= 11 is 5.90. The monoisotopic (exact) mass is 271 g/mol. The van der Waals surface area contributed by atoms with E-state index in [0.29, 0.717) is 22.9 Å². The van der Waals surface area contributed by atoms with E-state index in [9.17, 15) is 4.79 Å². The maximum Gasteiger partial charge on any atom is 0.256 e. The Labute approximate surface area is 112 Å². The molecule has 1 rings (SSSR count). The number of carbonyl (C=O) groups is 1. The van der Waals surface area contributed by atoms with Crippen LogP contribution < -0.4 is 11.3 Å². The van der Waals surface area contributed by atoms with Crippen LogP contribution in [0.15, 0.2) is 18.2 Å². The number of methoxy groups -OCH3 is 1. The van der Waals surface area contributed by atoms with Gasteiger partial charge in [0.05, 0.1) is 23.9 Å². The van der Waals surface area contributed by atoms with E-state index in [-0.39, 0.29) is 11.9 Å². The second-order valence-electron chi connectivity index (χ2n) is 4.05. The number of amides is 1. The molecule has 0 saturated heterocycles. The summed E-state index contributed by atoms with van der Waals surface area (Å²) in [5.74, 6) is 5.23. The molecule has 0 spiro atoms. The summed E-state index contributed by atoms with van der Waals surface area (Å²) in [6.07, 6.45) is 0. The second kappa shape index (κ2) is 6.58. The molecule has 3 N–H and O–H groups in total. The normalized spacial score (nSPS) is 12.1. The molecule has 1 amide bonds. The van der Waals surface area contributed by atoms with E-state index in [4.69, 9.17) is 22.2 Å². The molecule has 1 unspecified atom stereocenters. The first-order valence-corrected chi connectivity index (χ1v) is 5.91. The minimum Gasteiger partial charge on any atom is -0.383 e. The molecule has 0 bridgehead atoms. The molecule has 0 heterocycles. The molecule has 6 heteroatoms. The van der Waals surface area contributed by atoms with Crippen LogP contribution in [0.2, 0.25) is 5.02 Å². The van der Waals surface area contributed by atoms with Gasteiger partial charge in [-0.2, -0.15) is 0 Å². The van der Waals surface area contributed by atoms with Crippen LogP contribution in [0.3, 0.4) is 0 Å². The molecule has 0 saturated carbocycles. The third-order valence-corrected chi connectivity index (χ3v) is 2.99. The summed E-state index contributed by atoms with van der Waals surface area (Å²) in [6, 6.07) is 4.90. The van der Waals surface area contributed by atoms with Crippen molar-refractivity contribution in [3.63, 3.8) is 0 Å². The van der Waals surface area contributed by atoms with Crippen molar-refractivity contribution in [2.45, 2.75) is 13.0 Å². The average molecular weight is 272 g/mol. The third kappa shape index (κ3) is 3.35. The lowest BCUT2D eigenvalue weighted by molar-refractivity contribution is 0.0634. The second-order valence-corrected chi connectivity index (χ2v) is 4.49. The highest BCUT2D eigenvalue weighted by Crippen LogP contribution is 2.21. The Hall–Kier alpha value is -1.30. The summed E-state index contributed by atoms with van der Waals surface area (Å²) in [7, 11) is 3.31. The van der Waals surface area contributed by atoms with Crippen molar-refractivity contribution in [2.75, 3.05) is 26.2 Å². The number of likely N-dealkylation sites (N-methyl/N-ethyl adjacent to an activating group) is 1. The van der Waals surface area contributed by atoms with E-state index in [2.05, 4.69) is 5.43 Å². The van der Waals surface area contributed by atoms with Gasteiger partial charge in [-0.3, -0.25) is 10.6 Å². The van der Waals surface area contributed by atoms with Crippen molar-refractivity contribution < 1.29 is 9.53 Å². The summed E-state index contributed by atoms with van der Waals surface area (Å²) < 4.78 is 5.03. The van der Waals surface area contributed by atoms with Gasteiger partial charge in [-0.25, -0.2) is 0 Å². The molecule has 100 valence electrons. The molecule has 1 atom stereocenters. The molecule has 18 heavy (non-hydrogen) atoms. The molecule has 0 aliphatic heterocycles. The number of nitrogen functional groups attached to an aromatic ring is 1. The van der Waals surface area contributed by atoms with E-state index < -0.39 is 0 Å². The fourth-order valence-corrected chi connectivity index (χ4v) is 1.73. The summed E-state index contributed by atoms with van der Waals surface area (Å²) in [5.41, 5.74) is 3.47. The minimum atomic E-state index is -0.157. The highest BCUT2D eigenvalue weighted by molar-refractivity contribution is 6.31. The van der Waals surface area contributed by atoms with Gasteiger partial charge in [0.25, 0.3) is 5.91 Å². The Kier molecular flexibility index (Phi) is 5.40. The van der Waals surface area contributed by atoms with Gasteiger partial charge in [0.1, 0.15) is 0 Å². The number of anilines is 1. The van der Waals surface area contributed by atoms with Crippen molar-refractivity contribution in [3.8, 4) is 0 Å². The van der Waals surface area contributed by atoms with Crippen molar-refractivity contribution in [3.05, 3.63) is 28.8 Å². The van der Waals surface area contributed by atoms with Crippen LogP contribution in [0.1, 0.15) is 17.3 Å². The predicted molar refractivity (Wildman–Crippen MR) is 72.7 cm³/mol. The van der Waals surface area contributed by atoms with Gasteiger partial charge in [0, 0.05) is 19.2 Å². The quantitative estimate of drug-likeness (QED) is 0.632. The number of nitrogens with two attached hydrogens (primary N) is 1. The standard InChI is InChI=1S/C12H18ClN3O2/c1-8(7-18-3)16(2)12(17)10-6-9(13)4-5-11(10)15-14/h4-6,8,15H,7,14H2,1-3H3. The van der Waals surface area contributed by atoms with E-state index in [1.54, 1.807) is 37.3 Å². The number of rotatable bonds is 5. The van der Waals surface area contributed by atoms with Crippen molar-refractivity contribution in [2.24, 2.45) is 5.84 Å². The lowest BCUT2D eigenvalue weighted by Crippen LogP contribution is -2.38. The van der Waals surface area contributed by atoms with Gasteiger partial charge in [0.15, 0.2) is 0 Å². The number of hydrogen-bond donors (Lipinski definition) is 2. The number of nitrogens with zero attached hydrogens (tertiary/aromatic N) is 1. The van der Waals surface area contributed by atoms with Crippen LogP contribution in [0, 0.1) is 0 Å². The smallest absolute Gasteiger partial charge is 0.256 e. The molecule has 0 aliphatic rings. The highest BCUT2D eigenvalue weighted by atomic mass is 35.5. The fraction of sp³-hybridized carbons (Fsp3) is 0.417. The zero-order valence-electron chi connectivity index (χ0n) is 10.7. The van der Waals surface area contributed by atoms with Crippen LogP contribution >= 0.6 is 11.6 Å². The van der Waals surface area contributed by atoms with E-state index >= 15 is 0 Å². The Balaban J connectivity index is 2.98. The third-order valence-electron chi connectivity index (χ3n) is 2.76. The van der Waals surface area contributed by atoms with Gasteiger partial charge >= 0.3 is 0 Å². The molecular weight excluding hydrogens is 254 g/mol. The molecule has 5 nitrogen and oxygen atoms in total. The van der Waals surface area contributed by atoms with Gasteiger partial charge in [0.2, 0.25) is 0 Å². The van der Waals surface area contributed by atoms with Crippen molar-refractivity contribution in [1.29, 1.82) is 0 Å². The molecule has 0 radical (unpaired) electrons. The number of ether oxygens (including phenoxy) is 1. The van der Waals surface area contributed by atoms with Gasteiger partial charge in [-0.1, -0.05) is 11.6 Å². The Morgan fingerprint density at radius 3 is 2.83 bits per heavy atom.